The van der Waals surface area contributed by atoms with Crippen molar-refractivity contribution in [2.45, 2.75) is 13.3 Å². The molecule has 2 rings (SSSR count). The van der Waals surface area contributed by atoms with Crippen molar-refractivity contribution in [3.63, 3.8) is 0 Å². The lowest BCUT2D eigenvalue weighted by Gasteiger charge is -2.04. The number of nitro benzene ring substituents is 1. The molecule has 0 fully saturated rings. The van der Waals surface area contributed by atoms with Crippen LogP contribution in [0.2, 0.25) is 0 Å². The number of hydrogen-bond acceptors (Lipinski definition) is 3. The fraction of sp³-hybridized carbons (Fsp3) is 0.133. The minimum Gasteiger partial charge on any atom is -0.294 e. The van der Waals surface area contributed by atoms with Gasteiger partial charge in [0.1, 0.15) is 0 Å². The third-order valence-electron chi connectivity index (χ3n) is 3.08. The number of hydrogen-bond donors (Lipinski definition) is 0. The summed E-state index contributed by atoms with van der Waals surface area (Å²) in [5, 5.41) is 10.8. The fourth-order valence-electron chi connectivity index (χ4n) is 1.92. The molecular weight excluding hydrogens is 280 g/mol. The maximum Gasteiger partial charge on any atom is 0.273 e. The Bertz CT molecular complexity index is 729. The summed E-state index contributed by atoms with van der Waals surface area (Å²) in [4.78, 5) is 22.3. The molecule has 0 aliphatic rings. The molecule has 0 aliphatic carbocycles. The van der Waals surface area contributed by atoms with Crippen molar-refractivity contribution in [1.29, 1.82) is 0 Å². The number of halogens is 2. The molecule has 0 unspecified atom stereocenters. The number of Topliss-reactive ketones (excluding diaryl/α,β-unsaturated/α-hetero) is 1. The number of benzene rings is 2. The third kappa shape index (κ3) is 3.28. The molecule has 4 nitrogen and oxygen atoms in total. The van der Waals surface area contributed by atoms with E-state index >= 15 is 0 Å². The Morgan fingerprint density at radius 3 is 2.48 bits per heavy atom. The van der Waals surface area contributed by atoms with Gasteiger partial charge in [-0.25, -0.2) is 8.78 Å². The highest BCUT2D eigenvalue weighted by molar-refractivity contribution is 5.98. The quantitative estimate of drug-likeness (QED) is 0.491. The highest BCUT2D eigenvalue weighted by atomic mass is 19.2. The lowest BCUT2D eigenvalue weighted by Crippen LogP contribution is -2.05. The van der Waals surface area contributed by atoms with Gasteiger partial charge >= 0.3 is 0 Å². The summed E-state index contributed by atoms with van der Waals surface area (Å²) in [5.74, 6) is -2.42. The molecular formula is C15H11F2NO3. The molecule has 21 heavy (non-hydrogen) atoms. The molecule has 0 aliphatic heterocycles. The first kappa shape index (κ1) is 14.8. The average Bonchev–Trinajstić information content (AvgIpc) is 2.43. The standard InChI is InChI=1S/C15H11F2NO3/c1-9-2-4-11(8-14(9)18(20)21)15(19)7-10-3-5-12(16)13(17)6-10/h2-6,8H,7H2,1H3. The van der Waals surface area contributed by atoms with Crippen LogP contribution in [-0.2, 0) is 6.42 Å². The normalized spacial score (nSPS) is 10.4. The third-order valence-corrected chi connectivity index (χ3v) is 3.08. The average molecular weight is 291 g/mol. The van der Waals surface area contributed by atoms with Gasteiger partial charge in [0, 0.05) is 23.6 Å². The second kappa shape index (κ2) is 5.78. The number of carbonyl (C=O) groups excluding carboxylic acids is 1. The molecule has 0 spiro atoms. The summed E-state index contributed by atoms with van der Waals surface area (Å²) in [6.07, 6.45) is -0.155. The maximum atomic E-state index is 13.1. The lowest BCUT2D eigenvalue weighted by molar-refractivity contribution is -0.385. The van der Waals surface area contributed by atoms with Crippen molar-refractivity contribution in [2.75, 3.05) is 0 Å². The van der Waals surface area contributed by atoms with Crippen LogP contribution in [0, 0.1) is 28.7 Å². The van der Waals surface area contributed by atoms with Gasteiger partial charge in [-0.15, -0.1) is 0 Å². The Morgan fingerprint density at radius 2 is 1.86 bits per heavy atom. The van der Waals surface area contributed by atoms with E-state index in [1.807, 2.05) is 0 Å². The van der Waals surface area contributed by atoms with Crippen LogP contribution in [0.25, 0.3) is 0 Å². The van der Waals surface area contributed by atoms with Crippen LogP contribution >= 0.6 is 0 Å². The van der Waals surface area contributed by atoms with Crippen LogP contribution < -0.4 is 0 Å². The van der Waals surface area contributed by atoms with E-state index in [1.165, 1.54) is 24.3 Å². The Hall–Kier alpha value is -2.63. The zero-order chi connectivity index (χ0) is 15.6. The van der Waals surface area contributed by atoms with E-state index < -0.39 is 22.3 Å². The largest absolute Gasteiger partial charge is 0.294 e. The van der Waals surface area contributed by atoms with Gasteiger partial charge in [0.15, 0.2) is 17.4 Å². The fourth-order valence-corrected chi connectivity index (χ4v) is 1.92. The minimum absolute atomic E-state index is 0.147. The van der Waals surface area contributed by atoms with E-state index in [-0.39, 0.29) is 17.7 Å². The van der Waals surface area contributed by atoms with Gasteiger partial charge in [0.2, 0.25) is 0 Å². The molecule has 0 amide bonds. The monoisotopic (exact) mass is 291 g/mol. The molecule has 0 saturated heterocycles. The van der Waals surface area contributed by atoms with Crippen molar-refractivity contribution in [1.82, 2.24) is 0 Å². The predicted molar refractivity (Wildman–Crippen MR) is 72.2 cm³/mol. The minimum atomic E-state index is -1.03. The molecule has 6 heteroatoms. The van der Waals surface area contributed by atoms with E-state index in [9.17, 15) is 23.7 Å². The topological polar surface area (TPSA) is 60.2 Å². The first-order chi connectivity index (χ1) is 9.88. The Kier molecular flexibility index (Phi) is 4.07. The second-order valence-corrected chi connectivity index (χ2v) is 4.61. The van der Waals surface area contributed by atoms with E-state index in [2.05, 4.69) is 0 Å². The van der Waals surface area contributed by atoms with Crippen LogP contribution in [0.1, 0.15) is 21.5 Å². The van der Waals surface area contributed by atoms with Crippen molar-refractivity contribution in [2.24, 2.45) is 0 Å². The molecule has 0 bridgehead atoms. The number of carbonyl (C=O) groups is 1. The highest BCUT2D eigenvalue weighted by Gasteiger charge is 2.15. The van der Waals surface area contributed by atoms with Crippen molar-refractivity contribution in [3.05, 3.63) is 74.8 Å². The number of nitrogens with zero attached hydrogens (tertiary/aromatic N) is 1. The Labute approximate surface area is 119 Å². The van der Waals surface area contributed by atoms with E-state index in [4.69, 9.17) is 0 Å². The van der Waals surface area contributed by atoms with Crippen LogP contribution in [0.4, 0.5) is 14.5 Å². The summed E-state index contributed by atoms with van der Waals surface area (Å²) in [6.45, 7) is 1.57. The van der Waals surface area contributed by atoms with Gasteiger partial charge in [-0.1, -0.05) is 18.2 Å². The van der Waals surface area contributed by atoms with Crippen molar-refractivity contribution < 1.29 is 18.5 Å². The highest BCUT2D eigenvalue weighted by Crippen LogP contribution is 2.20. The van der Waals surface area contributed by atoms with E-state index in [1.54, 1.807) is 6.92 Å². The molecule has 0 radical (unpaired) electrons. The second-order valence-electron chi connectivity index (χ2n) is 4.61. The first-order valence-electron chi connectivity index (χ1n) is 6.10. The summed E-state index contributed by atoms with van der Waals surface area (Å²) >= 11 is 0. The summed E-state index contributed by atoms with van der Waals surface area (Å²) in [5.41, 5.74) is 0.773. The number of rotatable bonds is 4. The SMILES string of the molecule is Cc1ccc(C(=O)Cc2ccc(F)c(F)c2)cc1[N+](=O)[O-]. The number of nitro groups is 1. The zero-order valence-electron chi connectivity index (χ0n) is 11.1. The molecule has 2 aromatic carbocycles. The number of aryl methyl sites for hydroxylation is 1. The van der Waals surface area contributed by atoms with Crippen LogP contribution in [-0.4, -0.2) is 10.7 Å². The van der Waals surface area contributed by atoms with Gasteiger partial charge in [-0.05, 0) is 24.6 Å². The van der Waals surface area contributed by atoms with Gasteiger partial charge in [0.25, 0.3) is 5.69 Å². The zero-order valence-corrected chi connectivity index (χ0v) is 11.1. The van der Waals surface area contributed by atoms with Crippen molar-refractivity contribution in [3.8, 4) is 0 Å². The van der Waals surface area contributed by atoms with Gasteiger partial charge in [0.05, 0.1) is 4.92 Å². The lowest BCUT2D eigenvalue weighted by atomic mass is 10.0. The van der Waals surface area contributed by atoms with Gasteiger partial charge in [-0.2, -0.15) is 0 Å². The van der Waals surface area contributed by atoms with Gasteiger partial charge in [-0.3, -0.25) is 14.9 Å². The van der Waals surface area contributed by atoms with Crippen LogP contribution in [0.3, 0.4) is 0 Å². The maximum absolute atomic E-state index is 13.1. The summed E-state index contributed by atoms with van der Waals surface area (Å²) in [6, 6.07) is 7.34. The molecule has 0 atom stereocenters. The van der Waals surface area contributed by atoms with E-state index in [0.717, 1.165) is 12.1 Å². The molecule has 0 N–H and O–H groups in total. The number of ketones is 1. The van der Waals surface area contributed by atoms with Crippen LogP contribution in [0.15, 0.2) is 36.4 Å². The predicted octanol–water partition coefficient (Wildman–Crippen LogP) is 3.61. The molecule has 0 heterocycles. The van der Waals surface area contributed by atoms with Gasteiger partial charge < -0.3 is 0 Å². The Morgan fingerprint density at radius 1 is 1.14 bits per heavy atom. The van der Waals surface area contributed by atoms with Crippen LogP contribution in [0.5, 0.6) is 0 Å². The summed E-state index contributed by atoms with van der Waals surface area (Å²) in [7, 11) is 0. The molecule has 0 saturated carbocycles. The molecule has 2 aromatic rings. The van der Waals surface area contributed by atoms with E-state index in [0.29, 0.717) is 11.1 Å². The Balaban J connectivity index is 2.26. The first-order valence-corrected chi connectivity index (χ1v) is 6.10. The molecule has 108 valence electrons. The summed E-state index contributed by atoms with van der Waals surface area (Å²) < 4.78 is 25.9. The smallest absolute Gasteiger partial charge is 0.273 e. The van der Waals surface area contributed by atoms with Crippen molar-refractivity contribution >= 4 is 11.5 Å². The molecule has 0 aromatic heterocycles.